The van der Waals surface area contributed by atoms with E-state index in [1.165, 1.54) is 25.8 Å². The summed E-state index contributed by atoms with van der Waals surface area (Å²) >= 11 is 0. The van der Waals surface area contributed by atoms with Crippen molar-refractivity contribution in [3.8, 4) is 0 Å². The number of hydrogen-bond donors (Lipinski definition) is 1. The van der Waals surface area contributed by atoms with Crippen LogP contribution in [0.25, 0.3) is 0 Å². The van der Waals surface area contributed by atoms with E-state index in [4.69, 9.17) is 0 Å². The SMILES string of the molecule is C1CCC(C23CC4CC(CC(C4)C2)C3)NC1. The molecule has 1 aliphatic heterocycles. The molecule has 0 aromatic rings. The molecule has 5 fully saturated rings. The van der Waals surface area contributed by atoms with Gasteiger partial charge in [-0.2, -0.15) is 0 Å². The predicted molar refractivity (Wildman–Crippen MR) is 66.2 cm³/mol. The largest absolute Gasteiger partial charge is 0.313 e. The van der Waals surface area contributed by atoms with Gasteiger partial charge in [-0.1, -0.05) is 6.42 Å². The maximum atomic E-state index is 3.88. The molecule has 0 aromatic heterocycles. The third kappa shape index (κ3) is 1.40. The Bertz CT molecular complexity index is 242. The van der Waals surface area contributed by atoms with Crippen molar-refractivity contribution in [3.05, 3.63) is 0 Å². The highest BCUT2D eigenvalue weighted by Crippen LogP contribution is 2.61. The molecule has 4 saturated carbocycles. The van der Waals surface area contributed by atoms with Gasteiger partial charge in [0.05, 0.1) is 0 Å². The molecular weight excluding hydrogens is 194 g/mol. The highest BCUT2D eigenvalue weighted by Gasteiger charge is 2.53. The lowest BCUT2D eigenvalue weighted by Gasteiger charge is -2.60. The second kappa shape index (κ2) is 3.48. The molecule has 4 aliphatic carbocycles. The van der Waals surface area contributed by atoms with Crippen LogP contribution < -0.4 is 5.32 Å². The molecule has 1 nitrogen and oxygen atoms in total. The van der Waals surface area contributed by atoms with Crippen molar-refractivity contribution in [2.24, 2.45) is 23.2 Å². The van der Waals surface area contributed by atoms with Crippen LogP contribution in [-0.2, 0) is 0 Å². The normalized spacial score (nSPS) is 55.5. The standard InChI is InChI=1S/C15H25N/c1-2-4-16-14(3-1)15-8-11-5-12(9-15)7-13(6-11)10-15/h11-14,16H,1-10H2. The fourth-order valence-electron chi connectivity index (χ4n) is 5.98. The summed E-state index contributed by atoms with van der Waals surface area (Å²) in [4.78, 5) is 0. The van der Waals surface area contributed by atoms with Crippen LogP contribution in [0.1, 0.15) is 57.8 Å². The van der Waals surface area contributed by atoms with E-state index in [9.17, 15) is 0 Å². The van der Waals surface area contributed by atoms with E-state index in [2.05, 4.69) is 5.32 Å². The van der Waals surface area contributed by atoms with Crippen molar-refractivity contribution in [1.29, 1.82) is 0 Å². The molecule has 1 heteroatoms. The van der Waals surface area contributed by atoms with E-state index in [1.807, 2.05) is 0 Å². The van der Waals surface area contributed by atoms with Gasteiger partial charge in [0.25, 0.3) is 0 Å². The van der Waals surface area contributed by atoms with E-state index in [0.29, 0.717) is 0 Å². The van der Waals surface area contributed by atoms with E-state index in [1.54, 1.807) is 38.5 Å². The summed E-state index contributed by atoms with van der Waals surface area (Å²) in [5, 5.41) is 3.88. The highest BCUT2D eigenvalue weighted by atomic mass is 14.9. The summed E-state index contributed by atoms with van der Waals surface area (Å²) in [5.41, 5.74) is 0.759. The van der Waals surface area contributed by atoms with Crippen LogP contribution in [0.4, 0.5) is 0 Å². The van der Waals surface area contributed by atoms with Gasteiger partial charge in [-0.25, -0.2) is 0 Å². The molecule has 1 saturated heterocycles. The Hall–Kier alpha value is -0.0400. The van der Waals surface area contributed by atoms with Crippen LogP contribution in [0.2, 0.25) is 0 Å². The van der Waals surface area contributed by atoms with E-state index in [0.717, 1.165) is 29.2 Å². The number of piperidine rings is 1. The smallest absolute Gasteiger partial charge is 0.0124 e. The van der Waals surface area contributed by atoms with E-state index < -0.39 is 0 Å². The highest BCUT2D eigenvalue weighted by molar-refractivity contribution is 5.06. The maximum Gasteiger partial charge on any atom is 0.0124 e. The lowest BCUT2D eigenvalue weighted by Crippen LogP contribution is -2.56. The number of hydrogen-bond acceptors (Lipinski definition) is 1. The van der Waals surface area contributed by atoms with Gasteiger partial charge >= 0.3 is 0 Å². The van der Waals surface area contributed by atoms with Crippen LogP contribution in [0.5, 0.6) is 0 Å². The van der Waals surface area contributed by atoms with Crippen LogP contribution in [-0.4, -0.2) is 12.6 Å². The Balaban J connectivity index is 1.60. The minimum atomic E-state index is 0.759. The lowest BCUT2D eigenvalue weighted by molar-refractivity contribution is -0.0779. The average molecular weight is 219 g/mol. The Labute approximate surface area is 99.4 Å². The molecule has 4 bridgehead atoms. The summed E-state index contributed by atoms with van der Waals surface area (Å²) < 4.78 is 0. The molecule has 5 aliphatic rings. The average Bonchev–Trinajstić information content (AvgIpc) is 2.28. The summed E-state index contributed by atoms with van der Waals surface area (Å²) in [6, 6.07) is 0.898. The van der Waals surface area contributed by atoms with Gasteiger partial charge in [-0.05, 0) is 81.1 Å². The molecule has 1 unspecified atom stereocenters. The molecule has 1 atom stereocenters. The fraction of sp³-hybridized carbons (Fsp3) is 1.00. The molecule has 0 spiro atoms. The first kappa shape index (κ1) is 9.94. The molecule has 0 radical (unpaired) electrons. The quantitative estimate of drug-likeness (QED) is 0.713. The second-order valence-corrected chi connectivity index (χ2v) is 7.28. The first-order chi connectivity index (χ1) is 7.84. The van der Waals surface area contributed by atoms with Crippen molar-refractivity contribution in [3.63, 3.8) is 0 Å². The Morgan fingerprint density at radius 3 is 1.94 bits per heavy atom. The summed E-state index contributed by atoms with van der Waals surface area (Å²) in [5.74, 6) is 3.36. The number of nitrogens with one attached hydrogen (secondary N) is 1. The lowest BCUT2D eigenvalue weighted by atomic mass is 9.47. The van der Waals surface area contributed by atoms with Gasteiger partial charge in [-0.3, -0.25) is 0 Å². The van der Waals surface area contributed by atoms with Gasteiger partial charge in [0, 0.05) is 6.04 Å². The van der Waals surface area contributed by atoms with Crippen molar-refractivity contribution in [2.75, 3.05) is 6.54 Å². The monoisotopic (exact) mass is 219 g/mol. The zero-order chi connectivity index (χ0) is 10.6. The minimum Gasteiger partial charge on any atom is -0.313 e. The Morgan fingerprint density at radius 1 is 0.812 bits per heavy atom. The van der Waals surface area contributed by atoms with Crippen molar-refractivity contribution < 1.29 is 0 Å². The Kier molecular flexibility index (Phi) is 2.16. The molecule has 5 rings (SSSR count). The molecule has 16 heavy (non-hydrogen) atoms. The topological polar surface area (TPSA) is 12.0 Å². The Morgan fingerprint density at radius 2 is 1.44 bits per heavy atom. The second-order valence-electron chi connectivity index (χ2n) is 7.28. The maximum absolute atomic E-state index is 3.88. The fourth-order valence-corrected chi connectivity index (χ4v) is 5.98. The van der Waals surface area contributed by atoms with Crippen molar-refractivity contribution >= 4 is 0 Å². The first-order valence-electron chi connectivity index (χ1n) is 7.57. The van der Waals surface area contributed by atoms with Gasteiger partial charge in [-0.15, -0.1) is 0 Å². The van der Waals surface area contributed by atoms with Gasteiger partial charge in [0.1, 0.15) is 0 Å². The summed E-state index contributed by atoms with van der Waals surface area (Å²) in [7, 11) is 0. The molecule has 0 amide bonds. The number of rotatable bonds is 1. The molecular formula is C15H25N. The van der Waals surface area contributed by atoms with Gasteiger partial charge < -0.3 is 5.32 Å². The predicted octanol–water partition coefficient (Wildman–Crippen LogP) is 3.34. The van der Waals surface area contributed by atoms with Gasteiger partial charge in [0.2, 0.25) is 0 Å². The van der Waals surface area contributed by atoms with Crippen LogP contribution in [0.3, 0.4) is 0 Å². The summed E-state index contributed by atoms with van der Waals surface area (Å²) in [6.07, 6.45) is 13.9. The first-order valence-corrected chi connectivity index (χ1v) is 7.57. The van der Waals surface area contributed by atoms with Crippen LogP contribution in [0, 0.1) is 23.2 Å². The summed E-state index contributed by atoms with van der Waals surface area (Å²) in [6.45, 7) is 1.30. The zero-order valence-corrected chi connectivity index (χ0v) is 10.4. The van der Waals surface area contributed by atoms with E-state index in [-0.39, 0.29) is 0 Å². The van der Waals surface area contributed by atoms with Crippen molar-refractivity contribution in [2.45, 2.75) is 63.8 Å². The van der Waals surface area contributed by atoms with Crippen LogP contribution >= 0.6 is 0 Å². The third-order valence-electron chi connectivity index (χ3n) is 6.14. The third-order valence-corrected chi connectivity index (χ3v) is 6.14. The zero-order valence-electron chi connectivity index (χ0n) is 10.4. The molecule has 90 valence electrons. The van der Waals surface area contributed by atoms with Crippen molar-refractivity contribution in [1.82, 2.24) is 5.32 Å². The van der Waals surface area contributed by atoms with Gasteiger partial charge in [0.15, 0.2) is 0 Å². The molecule has 0 aromatic carbocycles. The minimum absolute atomic E-state index is 0.759. The van der Waals surface area contributed by atoms with E-state index >= 15 is 0 Å². The molecule has 1 heterocycles. The molecule has 1 N–H and O–H groups in total. The van der Waals surface area contributed by atoms with Crippen LogP contribution in [0.15, 0.2) is 0 Å².